The Morgan fingerprint density at radius 1 is 1.40 bits per heavy atom. The van der Waals surface area contributed by atoms with Crippen LogP contribution in [0.25, 0.3) is 0 Å². The Morgan fingerprint density at radius 2 is 2.00 bits per heavy atom. The number of carbonyl (C=O) groups is 2. The van der Waals surface area contributed by atoms with Crippen LogP contribution in [-0.4, -0.2) is 21.4 Å². The molecule has 1 heterocycles. The minimum atomic E-state index is -1.28. The van der Waals surface area contributed by atoms with E-state index in [1.165, 1.54) is 19.1 Å². The van der Waals surface area contributed by atoms with Crippen molar-refractivity contribution in [3.63, 3.8) is 0 Å². The standard InChI is InChI=1S/C10H11NO4/c1-6-3-4-8(10(14)15)9(13)11(6)5-7(2)12/h3-4H,5H2,1-2H3,(H,14,15). The Kier molecular flexibility index (Phi) is 3.04. The van der Waals surface area contributed by atoms with Crippen LogP contribution in [0, 0.1) is 6.92 Å². The number of rotatable bonds is 3. The van der Waals surface area contributed by atoms with Crippen LogP contribution in [0.4, 0.5) is 0 Å². The van der Waals surface area contributed by atoms with Crippen molar-refractivity contribution in [3.05, 3.63) is 33.7 Å². The lowest BCUT2D eigenvalue weighted by Crippen LogP contribution is -2.29. The van der Waals surface area contributed by atoms with E-state index in [1.807, 2.05) is 0 Å². The van der Waals surface area contributed by atoms with Crippen LogP contribution in [-0.2, 0) is 11.3 Å². The fourth-order valence-corrected chi connectivity index (χ4v) is 1.25. The normalized spacial score (nSPS) is 10.0. The van der Waals surface area contributed by atoms with Gasteiger partial charge in [-0.1, -0.05) is 0 Å². The number of carboxylic acid groups (broad SMARTS) is 1. The van der Waals surface area contributed by atoms with E-state index in [1.54, 1.807) is 6.92 Å². The highest BCUT2D eigenvalue weighted by Crippen LogP contribution is 1.98. The molecule has 0 spiro atoms. The van der Waals surface area contributed by atoms with Gasteiger partial charge in [-0.05, 0) is 26.0 Å². The van der Waals surface area contributed by atoms with Crippen LogP contribution in [0.3, 0.4) is 0 Å². The number of pyridine rings is 1. The zero-order chi connectivity index (χ0) is 11.6. The Morgan fingerprint density at radius 3 is 2.47 bits per heavy atom. The lowest BCUT2D eigenvalue weighted by molar-refractivity contribution is -0.117. The summed E-state index contributed by atoms with van der Waals surface area (Å²) in [6.45, 7) is 2.90. The fourth-order valence-electron chi connectivity index (χ4n) is 1.25. The molecule has 0 amide bonds. The molecule has 0 aromatic carbocycles. The monoisotopic (exact) mass is 209 g/mol. The third-order valence-corrected chi connectivity index (χ3v) is 2.00. The molecule has 1 aromatic rings. The zero-order valence-corrected chi connectivity index (χ0v) is 8.48. The molecule has 0 saturated heterocycles. The number of ketones is 1. The molecule has 80 valence electrons. The average Bonchev–Trinajstić information content (AvgIpc) is 2.11. The summed E-state index contributed by atoms with van der Waals surface area (Å²) in [5.74, 6) is -1.47. The van der Waals surface area contributed by atoms with Gasteiger partial charge >= 0.3 is 5.97 Å². The summed E-state index contributed by atoms with van der Waals surface area (Å²) in [7, 11) is 0. The van der Waals surface area contributed by atoms with Crippen molar-refractivity contribution in [1.29, 1.82) is 0 Å². The largest absolute Gasteiger partial charge is 0.477 e. The molecule has 0 bridgehead atoms. The van der Waals surface area contributed by atoms with Crippen LogP contribution in [0.1, 0.15) is 23.0 Å². The molecule has 0 aliphatic heterocycles. The molecular weight excluding hydrogens is 198 g/mol. The van der Waals surface area contributed by atoms with Crippen molar-refractivity contribution in [3.8, 4) is 0 Å². The molecule has 0 fully saturated rings. The Hall–Kier alpha value is -1.91. The summed E-state index contributed by atoms with van der Waals surface area (Å²) in [6, 6.07) is 2.75. The third kappa shape index (κ3) is 2.31. The van der Waals surface area contributed by atoms with Gasteiger partial charge in [-0.15, -0.1) is 0 Å². The summed E-state index contributed by atoms with van der Waals surface area (Å²) >= 11 is 0. The average molecular weight is 209 g/mol. The summed E-state index contributed by atoms with van der Waals surface area (Å²) < 4.78 is 1.16. The van der Waals surface area contributed by atoms with Crippen molar-refractivity contribution >= 4 is 11.8 Å². The van der Waals surface area contributed by atoms with Crippen LogP contribution >= 0.6 is 0 Å². The summed E-state index contributed by atoms with van der Waals surface area (Å²) in [5, 5.41) is 8.72. The van der Waals surface area contributed by atoms with Gasteiger partial charge in [0.25, 0.3) is 5.56 Å². The maximum absolute atomic E-state index is 11.6. The van der Waals surface area contributed by atoms with Gasteiger partial charge in [-0.3, -0.25) is 9.59 Å². The van der Waals surface area contributed by atoms with Crippen LogP contribution in [0.15, 0.2) is 16.9 Å². The minimum absolute atomic E-state index is 0.0915. The van der Waals surface area contributed by atoms with Crippen LogP contribution in [0.2, 0.25) is 0 Å². The minimum Gasteiger partial charge on any atom is -0.477 e. The van der Waals surface area contributed by atoms with E-state index in [9.17, 15) is 14.4 Å². The van der Waals surface area contributed by atoms with Crippen molar-refractivity contribution in [1.82, 2.24) is 4.57 Å². The van der Waals surface area contributed by atoms with E-state index in [0.717, 1.165) is 4.57 Å². The van der Waals surface area contributed by atoms with Gasteiger partial charge in [0, 0.05) is 5.69 Å². The second kappa shape index (κ2) is 4.08. The van der Waals surface area contributed by atoms with E-state index in [4.69, 9.17) is 5.11 Å². The SMILES string of the molecule is CC(=O)Cn1c(C)ccc(C(=O)O)c1=O. The predicted molar refractivity (Wildman–Crippen MR) is 53.1 cm³/mol. The maximum atomic E-state index is 11.6. The first-order valence-electron chi connectivity index (χ1n) is 4.36. The third-order valence-electron chi connectivity index (χ3n) is 2.00. The second-order valence-corrected chi connectivity index (χ2v) is 3.29. The van der Waals surface area contributed by atoms with E-state index in [0.29, 0.717) is 5.69 Å². The Labute approximate surface area is 86.0 Å². The Bertz CT molecular complexity index is 473. The molecule has 5 heteroatoms. The summed E-state index contributed by atoms with van der Waals surface area (Å²) in [6.07, 6.45) is 0. The number of aromatic nitrogens is 1. The van der Waals surface area contributed by atoms with Gasteiger partial charge in [0.05, 0.1) is 6.54 Å². The number of hydrogen-bond donors (Lipinski definition) is 1. The Balaban J connectivity index is 3.37. The first-order valence-corrected chi connectivity index (χ1v) is 4.36. The molecule has 0 saturated carbocycles. The summed E-state index contributed by atoms with van der Waals surface area (Å²) in [4.78, 5) is 33.2. The molecule has 0 atom stereocenters. The van der Waals surface area contributed by atoms with E-state index >= 15 is 0 Å². The number of nitrogens with zero attached hydrogens (tertiary/aromatic N) is 1. The van der Waals surface area contributed by atoms with E-state index in [2.05, 4.69) is 0 Å². The molecule has 5 nitrogen and oxygen atoms in total. The smallest absolute Gasteiger partial charge is 0.341 e. The molecule has 1 aromatic heterocycles. The summed E-state index contributed by atoms with van der Waals surface area (Å²) in [5.41, 5.74) is -0.389. The number of carboxylic acids is 1. The molecule has 1 rings (SSSR count). The van der Waals surface area contributed by atoms with E-state index < -0.39 is 11.5 Å². The van der Waals surface area contributed by atoms with Crippen molar-refractivity contribution in [2.24, 2.45) is 0 Å². The fraction of sp³-hybridized carbons (Fsp3) is 0.300. The first kappa shape index (κ1) is 11.2. The lowest BCUT2D eigenvalue weighted by Gasteiger charge is -2.08. The predicted octanol–water partition coefficient (Wildman–Crippen LogP) is 0.444. The molecular formula is C10H11NO4. The highest BCUT2D eigenvalue weighted by atomic mass is 16.4. The van der Waals surface area contributed by atoms with Gasteiger partial charge in [0.2, 0.25) is 0 Å². The second-order valence-electron chi connectivity index (χ2n) is 3.29. The van der Waals surface area contributed by atoms with Gasteiger partial charge in [0.15, 0.2) is 0 Å². The number of hydrogen-bond acceptors (Lipinski definition) is 3. The van der Waals surface area contributed by atoms with Gasteiger partial charge < -0.3 is 9.67 Å². The highest BCUT2D eigenvalue weighted by Gasteiger charge is 2.12. The maximum Gasteiger partial charge on any atom is 0.341 e. The zero-order valence-electron chi connectivity index (χ0n) is 8.48. The van der Waals surface area contributed by atoms with Gasteiger partial charge in [-0.25, -0.2) is 4.79 Å². The van der Waals surface area contributed by atoms with Crippen LogP contribution in [0.5, 0.6) is 0 Å². The molecule has 0 aliphatic carbocycles. The van der Waals surface area contributed by atoms with Crippen molar-refractivity contribution in [2.45, 2.75) is 20.4 Å². The molecule has 0 unspecified atom stereocenters. The highest BCUT2D eigenvalue weighted by molar-refractivity contribution is 5.87. The van der Waals surface area contributed by atoms with Gasteiger partial charge in [0.1, 0.15) is 11.3 Å². The number of Topliss-reactive ketones (excluding diaryl/α,β-unsaturated/α-hetero) is 1. The number of aryl methyl sites for hydroxylation is 1. The lowest BCUT2D eigenvalue weighted by atomic mass is 10.2. The molecule has 15 heavy (non-hydrogen) atoms. The van der Waals surface area contributed by atoms with E-state index in [-0.39, 0.29) is 17.9 Å². The molecule has 1 N–H and O–H groups in total. The first-order chi connectivity index (χ1) is 6.93. The molecule has 0 aliphatic rings. The van der Waals surface area contributed by atoms with Gasteiger partial charge in [-0.2, -0.15) is 0 Å². The number of aromatic carboxylic acids is 1. The van der Waals surface area contributed by atoms with Crippen LogP contribution < -0.4 is 5.56 Å². The quantitative estimate of drug-likeness (QED) is 0.783. The van der Waals surface area contributed by atoms with Crippen molar-refractivity contribution in [2.75, 3.05) is 0 Å². The topological polar surface area (TPSA) is 76.4 Å². The molecule has 0 radical (unpaired) electrons. The van der Waals surface area contributed by atoms with Crippen molar-refractivity contribution < 1.29 is 14.7 Å². The number of carbonyl (C=O) groups excluding carboxylic acids is 1.